The average Bonchev–Trinajstić information content (AvgIpc) is 3.16. The maximum Gasteiger partial charge on any atom is 0.359 e. The minimum atomic E-state index is -0.767. The van der Waals surface area contributed by atoms with Crippen LogP contribution in [0, 0.1) is 5.92 Å². The number of fused-ring (bicyclic) bond motifs is 1. The zero-order valence-corrected chi connectivity index (χ0v) is 17.5. The van der Waals surface area contributed by atoms with E-state index in [0.717, 1.165) is 0 Å². The summed E-state index contributed by atoms with van der Waals surface area (Å²) in [4.78, 5) is 37.6. The topological polar surface area (TPSA) is 108 Å². The molecule has 1 N–H and O–H groups in total. The minimum absolute atomic E-state index is 0.00544. The van der Waals surface area contributed by atoms with Crippen molar-refractivity contribution in [2.45, 2.75) is 40.3 Å². The fraction of sp³-hybridized carbons (Fsp3) is 0.381. The zero-order valence-electron chi connectivity index (χ0n) is 17.5. The van der Waals surface area contributed by atoms with E-state index in [4.69, 9.17) is 4.74 Å². The summed E-state index contributed by atoms with van der Waals surface area (Å²) in [5.41, 5.74) is -0.263. The first-order valence-electron chi connectivity index (χ1n) is 9.78. The Morgan fingerprint density at radius 3 is 2.47 bits per heavy atom. The van der Waals surface area contributed by atoms with Crippen molar-refractivity contribution in [1.29, 1.82) is 0 Å². The first-order chi connectivity index (χ1) is 14.3. The number of amides is 1. The van der Waals surface area contributed by atoms with Crippen LogP contribution in [0.4, 0.5) is 5.82 Å². The van der Waals surface area contributed by atoms with Gasteiger partial charge in [0.25, 0.3) is 11.5 Å². The molecule has 9 heteroatoms. The van der Waals surface area contributed by atoms with E-state index in [1.807, 2.05) is 27.7 Å². The molecule has 0 aliphatic carbocycles. The smallest absolute Gasteiger partial charge is 0.359 e. The van der Waals surface area contributed by atoms with Crippen LogP contribution in [0.25, 0.3) is 10.8 Å². The predicted octanol–water partition coefficient (Wildman–Crippen LogP) is 2.63. The molecule has 0 atom stereocenters. The number of rotatable bonds is 7. The van der Waals surface area contributed by atoms with Gasteiger partial charge in [-0.25, -0.2) is 14.2 Å². The molecular formula is C21H25N5O4. The third kappa shape index (κ3) is 4.56. The van der Waals surface area contributed by atoms with Crippen LogP contribution in [0.1, 0.15) is 44.2 Å². The van der Waals surface area contributed by atoms with E-state index in [0.29, 0.717) is 23.1 Å². The lowest BCUT2D eigenvalue weighted by molar-refractivity contribution is -0.119. The van der Waals surface area contributed by atoms with Gasteiger partial charge in [0.2, 0.25) is 0 Å². The van der Waals surface area contributed by atoms with Crippen molar-refractivity contribution in [3.05, 3.63) is 52.6 Å². The van der Waals surface area contributed by atoms with Crippen LogP contribution >= 0.6 is 0 Å². The molecule has 3 rings (SSSR count). The number of carbonyl (C=O) groups excluding carboxylic acids is 2. The first-order valence-corrected chi connectivity index (χ1v) is 9.78. The highest BCUT2D eigenvalue weighted by atomic mass is 16.5. The second kappa shape index (κ2) is 8.89. The van der Waals surface area contributed by atoms with Gasteiger partial charge in [0.1, 0.15) is 5.82 Å². The third-order valence-electron chi connectivity index (χ3n) is 4.36. The Kier molecular flexibility index (Phi) is 6.29. The maximum atomic E-state index is 12.7. The molecule has 30 heavy (non-hydrogen) atoms. The van der Waals surface area contributed by atoms with E-state index >= 15 is 0 Å². The van der Waals surface area contributed by atoms with Crippen LogP contribution in [-0.2, 0) is 16.1 Å². The Morgan fingerprint density at radius 2 is 1.80 bits per heavy atom. The van der Waals surface area contributed by atoms with Crippen molar-refractivity contribution in [3.8, 4) is 0 Å². The first kappa shape index (κ1) is 21.2. The van der Waals surface area contributed by atoms with E-state index < -0.39 is 18.5 Å². The Balaban J connectivity index is 1.79. The molecule has 158 valence electrons. The number of ether oxygens (including phenoxy) is 1. The van der Waals surface area contributed by atoms with Crippen LogP contribution in [-0.4, -0.2) is 38.0 Å². The molecule has 1 aromatic carbocycles. The highest BCUT2D eigenvalue weighted by Gasteiger charge is 2.20. The lowest BCUT2D eigenvalue weighted by Crippen LogP contribution is -2.29. The molecule has 0 bridgehead atoms. The summed E-state index contributed by atoms with van der Waals surface area (Å²) < 4.78 is 8.11. The summed E-state index contributed by atoms with van der Waals surface area (Å²) in [6, 6.07) is 8.46. The van der Waals surface area contributed by atoms with Crippen molar-refractivity contribution in [2.24, 2.45) is 5.92 Å². The molecular weight excluding hydrogens is 386 g/mol. The van der Waals surface area contributed by atoms with E-state index in [9.17, 15) is 14.4 Å². The molecule has 9 nitrogen and oxygen atoms in total. The van der Waals surface area contributed by atoms with E-state index in [-0.39, 0.29) is 23.2 Å². The SMILES string of the molecule is CC(C)Cn1nc(C(=O)OCC(=O)Nc2ccnn2C(C)C)c2ccccc2c1=O. The summed E-state index contributed by atoms with van der Waals surface area (Å²) in [7, 11) is 0. The van der Waals surface area contributed by atoms with Crippen LogP contribution in [0.15, 0.2) is 41.3 Å². The van der Waals surface area contributed by atoms with E-state index in [2.05, 4.69) is 15.5 Å². The van der Waals surface area contributed by atoms with Crippen LogP contribution < -0.4 is 10.9 Å². The normalized spacial score (nSPS) is 11.3. The van der Waals surface area contributed by atoms with Gasteiger partial charge in [-0.05, 0) is 25.8 Å². The second-order valence-corrected chi connectivity index (χ2v) is 7.65. The van der Waals surface area contributed by atoms with Crippen LogP contribution in [0.5, 0.6) is 0 Å². The van der Waals surface area contributed by atoms with Gasteiger partial charge >= 0.3 is 5.97 Å². The molecule has 0 fully saturated rings. The van der Waals surface area contributed by atoms with Crippen molar-refractivity contribution in [2.75, 3.05) is 11.9 Å². The number of nitrogens with zero attached hydrogens (tertiary/aromatic N) is 4. The zero-order chi connectivity index (χ0) is 21.8. The van der Waals surface area contributed by atoms with Crippen molar-refractivity contribution in [1.82, 2.24) is 19.6 Å². The number of aromatic nitrogens is 4. The highest BCUT2D eigenvalue weighted by molar-refractivity contribution is 6.03. The van der Waals surface area contributed by atoms with Gasteiger partial charge in [0.15, 0.2) is 12.3 Å². The summed E-state index contributed by atoms with van der Waals surface area (Å²) in [6.45, 7) is 7.66. The van der Waals surface area contributed by atoms with Gasteiger partial charge in [0.05, 0.1) is 11.6 Å². The summed E-state index contributed by atoms with van der Waals surface area (Å²) >= 11 is 0. The second-order valence-electron chi connectivity index (χ2n) is 7.65. The van der Waals surface area contributed by atoms with Crippen molar-refractivity contribution in [3.63, 3.8) is 0 Å². The summed E-state index contributed by atoms with van der Waals surface area (Å²) in [5.74, 6) is -0.585. The van der Waals surface area contributed by atoms with Crippen LogP contribution in [0.2, 0.25) is 0 Å². The molecule has 0 aliphatic rings. The third-order valence-corrected chi connectivity index (χ3v) is 4.36. The molecule has 0 radical (unpaired) electrons. The molecule has 0 aliphatic heterocycles. The molecule has 0 saturated carbocycles. The van der Waals surface area contributed by atoms with Gasteiger partial charge in [-0.3, -0.25) is 9.59 Å². The fourth-order valence-corrected chi connectivity index (χ4v) is 3.06. The average molecular weight is 411 g/mol. The Labute approximate surface area is 173 Å². The number of carbonyl (C=O) groups is 2. The number of anilines is 1. The standard InChI is InChI=1S/C21H25N5O4/c1-13(2)11-25-20(28)16-8-6-5-7-15(16)19(24-25)21(29)30-12-18(27)23-17-9-10-22-26(17)14(3)4/h5-10,13-14H,11-12H2,1-4H3,(H,23,27). The molecule has 3 aromatic rings. The number of hydrogen-bond acceptors (Lipinski definition) is 6. The molecule has 0 unspecified atom stereocenters. The monoisotopic (exact) mass is 411 g/mol. The van der Waals surface area contributed by atoms with Gasteiger partial charge in [0, 0.05) is 24.0 Å². The maximum absolute atomic E-state index is 12.7. The highest BCUT2D eigenvalue weighted by Crippen LogP contribution is 2.16. The Morgan fingerprint density at radius 1 is 1.10 bits per heavy atom. The van der Waals surface area contributed by atoms with Gasteiger partial charge in [-0.15, -0.1) is 0 Å². The molecule has 2 heterocycles. The van der Waals surface area contributed by atoms with Gasteiger partial charge in [-0.2, -0.15) is 10.2 Å². The predicted molar refractivity (Wildman–Crippen MR) is 112 cm³/mol. The number of esters is 1. The molecule has 0 spiro atoms. The van der Waals surface area contributed by atoms with E-state index in [1.54, 1.807) is 41.2 Å². The molecule has 2 aromatic heterocycles. The summed E-state index contributed by atoms with van der Waals surface area (Å²) in [5, 5.41) is 11.8. The number of nitrogens with one attached hydrogen (secondary N) is 1. The largest absolute Gasteiger partial charge is 0.451 e. The summed E-state index contributed by atoms with van der Waals surface area (Å²) in [6.07, 6.45) is 1.58. The lowest BCUT2D eigenvalue weighted by Gasteiger charge is -2.13. The van der Waals surface area contributed by atoms with Crippen molar-refractivity contribution >= 4 is 28.5 Å². The van der Waals surface area contributed by atoms with E-state index in [1.165, 1.54) is 4.68 Å². The van der Waals surface area contributed by atoms with Crippen molar-refractivity contribution < 1.29 is 14.3 Å². The lowest BCUT2D eigenvalue weighted by atomic mass is 10.1. The number of hydrogen-bond donors (Lipinski definition) is 1. The minimum Gasteiger partial charge on any atom is -0.451 e. The van der Waals surface area contributed by atoms with Gasteiger partial charge in [-0.1, -0.05) is 32.0 Å². The Bertz CT molecular complexity index is 1130. The molecule has 0 saturated heterocycles. The quantitative estimate of drug-likeness (QED) is 0.599. The number of benzene rings is 1. The fourth-order valence-electron chi connectivity index (χ4n) is 3.06. The molecule has 1 amide bonds. The Hall–Kier alpha value is -3.49. The van der Waals surface area contributed by atoms with Crippen LogP contribution in [0.3, 0.4) is 0 Å². The van der Waals surface area contributed by atoms with Gasteiger partial charge < -0.3 is 10.1 Å².